The third-order valence-corrected chi connectivity index (χ3v) is 5.65. The summed E-state index contributed by atoms with van der Waals surface area (Å²) >= 11 is 2.14. The Balaban J connectivity index is 1.95. The van der Waals surface area contributed by atoms with Gasteiger partial charge in [-0.05, 0) is 59.9 Å². The largest absolute Gasteiger partial charge is 0.480 e. The molecule has 0 spiro atoms. The Hall–Kier alpha value is -1.11. The van der Waals surface area contributed by atoms with E-state index in [4.69, 9.17) is 0 Å². The molecule has 3 rings (SSSR count). The number of aliphatic carboxylic acids is 1. The van der Waals surface area contributed by atoms with Crippen LogP contribution in [0.1, 0.15) is 42.5 Å². The quantitative estimate of drug-likeness (QED) is 0.778. The highest BCUT2D eigenvalue weighted by Gasteiger charge is 2.47. The van der Waals surface area contributed by atoms with Gasteiger partial charge in [-0.3, -0.25) is 4.79 Å². The molecule has 1 aromatic carbocycles. The van der Waals surface area contributed by atoms with Crippen molar-refractivity contribution in [1.29, 1.82) is 0 Å². The normalized spacial score (nSPS) is 28.2. The van der Waals surface area contributed by atoms with E-state index in [-0.39, 0.29) is 11.9 Å². The van der Waals surface area contributed by atoms with E-state index in [9.17, 15) is 14.7 Å². The number of likely N-dealkylation sites (tertiary alicyclic amines) is 1. The summed E-state index contributed by atoms with van der Waals surface area (Å²) in [7, 11) is 0. The predicted molar refractivity (Wildman–Crippen MR) is 87.1 cm³/mol. The van der Waals surface area contributed by atoms with Gasteiger partial charge in [0.15, 0.2) is 0 Å². The summed E-state index contributed by atoms with van der Waals surface area (Å²) in [5.74, 6) is -0.643. The molecule has 1 aliphatic carbocycles. The van der Waals surface area contributed by atoms with Gasteiger partial charge in [-0.25, -0.2) is 4.79 Å². The van der Waals surface area contributed by atoms with Gasteiger partial charge in [0.25, 0.3) is 5.91 Å². The zero-order chi connectivity index (χ0) is 15.0. The number of hydrogen-bond donors (Lipinski definition) is 1. The van der Waals surface area contributed by atoms with Crippen LogP contribution in [0.2, 0.25) is 0 Å². The van der Waals surface area contributed by atoms with Crippen LogP contribution < -0.4 is 0 Å². The molecule has 4 nitrogen and oxygen atoms in total. The molecule has 1 saturated heterocycles. The van der Waals surface area contributed by atoms with Crippen molar-refractivity contribution in [2.45, 2.75) is 44.2 Å². The molecular formula is C16H18INO3. The first-order chi connectivity index (χ1) is 10.1. The summed E-state index contributed by atoms with van der Waals surface area (Å²) in [5.41, 5.74) is 0.621. The van der Waals surface area contributed by atoms with Crippen molar-refractivity contribution in [2.24, 2.45) is 5.92 Å². The highest BCUT2D eigenvalue weighted by Crippen LogP contribution is 2.40. The fraction of sp³-hybridized carbons (Fsp3) is 0.500. The van der Waals surface area contributed by atoms with Gasteiger partial charge in [0, 0.05) is 9.61 Å². The minimum Gasteiger partial charge on any atom is -0.480 e. The van der Waals surface area contributed by atoms with Crippen LogP contribution >= 0.6 is 22.6 Å². The molecule has 1 N–H and O–H groups in total. The number of carboxylic acid groups (broad SMARTS) is 1. The smallest absolute Gasteiger partial charge is 0.326 e. The second-order valence-corrected chi connectivity index (χ2v) is 7.06. The van der Waals surface area contributed by atoms with E-state index in [1.807, 2.05) is 18.2 Å². The zero-order valence-electron chi connectivity index (χ0n) is 11.7. The van der Waals surface area contributed by atoms with E-state index in [1.54, 1.807) is 11.0 Å². The summed E-state index contributed by atoms with van der Waals surface area (Å²) in [6.07, 6.45) is 4.82. The summed E-state index contributed by atoms with van der Waals surface area (Å²) in [6.45, 7) is 0. The Kier molecular flexibility index (Phi) is 4.19. The van der Waals surface area contributed by atoms with Crippen molar-refractivity contribution < 1.29 is 14.7 Å². The number of carbonyl (C=O) groups is 2. The number of halogens is 1. The van der Waals surface area contributed by atoms with Crippen molar-refractivity contribution in [2.75, 3.05) is 0 Å². The van der Waals surface area contributed by atoms with E-state index in [0.717, 1.165) is 29.3 Å². The van der Waals surface area contributed by atoms with Gasteiger partial charge in [0.05, 0.1) is 5.56 Å². The number of carboxylic acids is 1. The maximum atomic E-state index is 12.9. The number of benzene rings is 1. The Morgan fingerprint density at radius 2 is 1.90 bits per heavy atom. The van der Waals surface area contributed by atoms with Gasteiger partial charge in [-0.15, -0.1) is 0 Å². The average Bonchev–Trinajstić information content (AvgIpc) is 2.86. The molecule has 0 radical (unpaired) electrons. The molecule has 0 bridgehead atoms. The van der Waals surface area contributed by atoms with Gasteiger partial charge in [0.2, 0.25) is 0 Å². The van der Waals surface area contributed by atoms with E-state index < -0.39 is 12.0 Å². The lowest BCUT2D eigenvalue weighted by molar-refractivity contribution is -0.141. The van der Waals surface area contributed by atoms with E-state index >= 15 is 0 Å². The molecule has 2 fully saturated rings. The molecule has 1 heterocycles. The van der Waals surface area contributed by atoms with Gasteiger partial charge >= 0.3 is 5.97 Å². The Bertz CT molecular complexity index is 574. The van der Waals surface area contributed by atoms with Crippen LogP contribution in [-0.4, -0.2) is 34.0 Å². The lowest BCUT2D eigenvalue weighted by atomic mass is 9.84. The monoisotopic (exact) mass is 399 g/mol. The molecule has 1 aliphatic heterocycles. The van der Waals surface area contributed by atoms with Crippen LogP contribution in [0.4, 0.5) is 0 Å². The molecule has 112 valence electrons. The second-order valence-electron chi connectivity index (χ2n) is 5.89. The van der Waals surface area contributed by atoms with Gasteiger partial charge in [0.1, 0.15) is 6.04 Å². The van der Waals surface area contributed by atoms with E-state index in [0.29, 0.717) is 17.9 Å². The minimum absolute atomic E-state index is 0.100. The van der Waals surface area contributed by atoms with Crippen LogP contribution in [-0.2, 0) is 4.79 Å². The molecule has 2 aliphatic rings. The Labute approximate surface area is 137 Å². The maximum Gasteiger partial charge on any atom is 0.326 e. The second kappa shape index (κ2) is 5.94. The molecule has 3 unspecified atom stereocenters. The molecule has 1 saturated carbocycles. The number of amides is 1. The van der Waals surface area contributed by atoms with Crippen LogP contribution in [0.3, 0.4) is 0 Å². The zero-order valence-corrected chi connectivity index (χ0v) is 13.8. The Morgan fingerprint density at radius 3 is 2.62 bits per heavy atom. The SMILES string of the molecule is O=C(O)C1CC2CCCCC2N1C(=O)c1ccccc1I. The Morgan fingerprint density at radius 1 is 1.19 bits per heavy atom. The molecule has 1 amide bonds. The minimum atomic E-state index is -0.872. The first kappa shape index (κ1) is 14.8. The lowest BCUT2D eigenvalue weighted by Crippen LogP contribution is -2.46. The van der Waals surface area contributed by atoms with Gasteiger partial charge in [-0.1, -0.05) is 25.0 Å². The van der Waals surface area contributed by atoms with Crippen molar-refractivity contribution in [3.05, 3.63) is 33.4 Å². The van der Waals surface area contributed by atoms with Crippen molar-refractivity contribution in [3.63, 3.8) is 0 Å². The van der Waals surface area contributed by atoms with Gasteiger partial charge < -0.3 is 10.0 Å². The summed E-state index contributed by atoms with van der Waals surface area (Å²) in [5, 5.41) is 9.50. The molecule has 5 heteroatoms. The first-order valence-corrected chi connectivity index (χ1v) is 8.47. The van der Waals surface area contributed by atoms with Crippen LogP contribution in [0.25, 0.3) is 0 Å². The number of rotatable bonds is 2. The highest BCUT2D eigenvalue weighted by atomic mass is 127. The lowest BCUT2D eigenvalue weighted by Gasteiger charge is -2.33. The average molecular weight is 399 g/mol. The summed E-state index contributed by atoms with van der Waals surface area (Å²) < 4.78 is 0.878. The number of fused-ring (bicyclic) bond motifs is 1. The fourth-order valence-electron chi connectivity index (χ4n) is 3.75. The first-order valence-electron chi connectivity index (χ1n) is 7.39. The number of hydrogen-bond acceptors (Lipinski definition) is 2. The van der Waals surface area contributed by atoms with E-state index in [1.165, 1.54) is 0 Å². The van der Waals surface area contributed by atoms with Crippen molar-refractivity contribution in [1.82, 2.24) is 4.90 Å². The van der Waals surface area contributed by atoms with Crippen molar-refractivity contribution >= 4 is 34.5 Å². The highest BCUT2D eigenvalue weighted by molar-refractivity contribution is 14.1. The van der Waals surface area contributed by atoms with E-state index in [2.05, 4.69) is 22.6 Å². The van der Waals surface area contributed by atoms with Crippen LogP contribution in [0.5, 0.6) is 0 Å². The predicted octanol–water partition coefficient (Wildman–Crippen LogP) is 3.15. The third-order valence-electron chi connectivity index (χ3n) is 4.71. The number of carbonyl (C=O) groups excluding carboxylic acids is 1. The standard InChI is InChI=1S/C16H18INO3/c17-12-7-3-2-6-11(12)15(19)18-13-8-4-1-5-10(13)9-14(18)16(20)21/h2-3,6-7,10,13-14H,1,4-5,8-9H2,(H,20,21). The molecule has 0 aromatic heterocycles. The topological polar surface area (TPSA) is 57.6 Å². The molecule has 1 aromatic rings. The maximum absolute atomic E-state index is 12.9. The molecule has 3 atom stereocenters. The third kappa shape index (κ3) is 2.67. The summed E-state index contributed by atoms with van der Waals surface area (Å²) in [4.78, 5) is 26.1. The molecule has 21 heavy (non-hydrogen) atoms. The van der Waals surface area contributed by atoms with Crippen LogP contribution in [0.15, 0.2) is 24.3 Å². The summed E-state index contributed by atoms with van der Waals surface area (Å²) in [6, 6.07) is 6.84. The van der Waals surface area contributed by atoms with Crippen molar-refractivity contribution in [3.8, 4) is 0 Å². The molecular weight excluding hydrogens is 381 g/mol. The fourth-order valence-corrected chi connectivity index (χ4v) is 4.36. The number of nitrogens with zero attached hydrogens (tertiary/aromatic N) is 1. The van der Waals surface area contributed by atoms with Gasteiger partial charge in [-0.2, -0.15) is 0 Å². The van der Waals surface area contributed by atoms with Crippen LogP contribution in [0, 0.1) is 9.49 Å².